The standard InChI is InChI=1S/C10H17NO/c1-5-6-7-10(9(2)3)11-8-12-4/h5-7,11H,1,8H2,2-4H3/b7-6-. The van der Waals surface area contributed by atoms with Gasteiger partial charge in [-0.2, -0.15) is 0 Å². The van der Waals surface area contributed by atoms with Crippen LogP contribution in [0.25, 0.3) is 0 Å². The number of hydrogen-bond acceptors (Lipinski definition) is 2. The number of ether oxygens (including phenoxy) is 1. The average molecular weight is 167 g/mol. The molecule has 0 aliphatic rings. The molecule has 0 radical (unpaired) electrons. The van der Waals surface area contributed by atoms with E-state index in [0.717, 1.165) is 5.70 Å². The highest BCUT2D eigenvalue weighted by Crippen LogP contribution is 2.00. The Bertz CT molecular complexity index is 188. The Morgan fingerprint density at radius 1 is 1.50 bits per heavy atom. The van der Waals surface area contributed by atoms with Gasteiger partial charge in [-0.05, 0) is 19.9 Å². The Morgan fingerprint density at radius 3 is 2.58 bits per heavy atom. The molecule has 68 valence electrons. The molecule has 0 aliphatic carbocycles. The largest absolute Gasteiger partial charge is 0.365 e. The van der Waals surface area contributed by atoms with Gasteiger partial charge in [-0.25, -0.2) is 0 Å². The maximum Gasteiger partial charge on any atom is 0.116 e. The monoisotopic (exact) mass is 167 g/mol. The molecule has 2 heteroatoms. The predicted molar refractivity (Wildman–Crippen MR) is 52.7 cm³/mol. The van der Waals surface area contributed by atoms with Crippen LogP contribution in [0.5, 0.6) is 0 Å². The van der Waals surface area contributed by atoms with Gasteiger partial charge in [-0.15, -0.1) is 0 Å². The first-order valence-electron chi connectivity index (χ1n) is 3.91. The smallest absolute Gasteiger partial charge is 0.116 e. The Kier molecular flexibility index (Phi) is 6.11. The van der Waals surface area contributed by atoms with Crippen molar-refractivity contribution < 1.29 is 4.74 Å². The topological polar surface area (TPSA) is 21.3 Å². The van der Waals surface area contributed by atoms with E-state index in [4.69, 9.17) is 4.74 Å². The summed E-state index contributed by atoms with van der Waals surface area (Å²) in [6.45, 7) is 8.23. The molecule has 0 unspecified atom stereocenters. The minimum Gasteiger partial charge on any atom is -0.365 e. The maximum atomic E-state index is 4.90. The van der Waals surface area contributed by atoms with Gasteiger partial charge in [0.15, 0.2) is 0 Å². The molecule has 0 aliphatic heterocycles. The molecule has 0 fully saturated rings. The molecule has 0 saturated heterocycles. The summed E-state index contributed by atoms with van der Waals surface area (Å²) in [5.74, 6) is 0. The third-order valence-corrected chi connectivity index (χ3v) is 1.34. The first-order chi connectivity index (χ1) is 5.72. The lowest BCUT2D eigenvalue weighted by Gasteiger charge is -2.07. The molecule has 0 rings (SSSR count). The molecular weight excluding hydrogens is 150 g/mol. The number of rotatable bonds is 5. The van der Waals surface area contributed by atoms with E-state index in [-0.39, 0.29) is 0 Å². The molecular formula is C10H17NO. The summed E-state index contributed by atoms with van der Waals surface area (Å²) in [6.07, 6.45) is 5.61. The third kappa shape index (κ3) is 4.74. The fraction of sp³-hybridized carbons (Fsp3) is 0.400. The number of allylic oxidation sites excluding steroid dienone is 4. The van der Waals surface area contributed by atoms with E-state index < -0.39 is 0 Å². The Labute approximate surface area is 74.6 Å². The first kappa shape index (κ1) is 11.0. The minimum atomic E-state index is 0.530. The molecule has 0 heterocycles. The van der Waals surface area contributed by atoms with Crippen molar-refractivity contribution in [2.75, 3.05) is 13.8 Å². The van der Waals surface area contributed by atoms with E-state index in [0.29, 0.717) is 6.73 Å². The lowest BCUT2D eigenvalue weighted by atomic mass is 10.2. The molecule has 0 amide bonds. The molecule has 2 nitrogen and oxygen atoms in total. The van der Waals surface area contributed by atoms with Crippen LogP contribution in [0.3, 0.4) is 0 Å². The van der Waals surface area contributed by atoms with E-state index in [1.807, 2.05) is 26.0 Å². The fourth-order valence-corrected chi connectivity index (χ4v) is 0.717. The summed E-state index contributed by atoms with van der Waals surface area (Å²) in [6, 6.07) is 0. The van der Waals surface area contributed by atoms with Crippen LogP contribution in [0.1, 0.15) is 13.8 Å². The van der Waals surface area contributed by atoms with Gasteiger partial charge in [0.05, 0.1) is 0 Å². The maximum absolute atomic E-state index is 4.90. The second-order valence-corrected chi connectivity index (χ2v) is 2.62. The van der Waals surface area contributed by atoms with Gasteiger partial charge in [0.1, 0.15) is 6.73 Å². The number of nitrogens with one attached hydrogen (secondary N) is 1. The molecule has 0 saturated carbocycles. The van der Waals surface area contributed by atoms with Crippen LogP contribution >= 0.6 is 0 Å². The highest BCUT2D eigenvalue weighted by molar-refractivity contribution is 5.23. The van der Waals surface area contributed by atoms with Gasteiger partial charge in [-0.1, -0.05) is 24.3 Å². The quantitative estimate of drug-likeness (QED) is 0.500. The van der Waals surface area contributed by atoms with E-state index in [2.05, 4.69) is 11.9 Å². The molecule has 0 aromatic rings. The molecule has 1 N–H and O–H groups in total. The van der Waals surface area contributed by atoms with Crippen LogP contribution in [-0.4, -0.2) is 13.8 Å². The van der Waals surface area contributed by atoms with E-state index in [1.54, 1.807) is 13.2 Å². The van der Waals surface area contributed by atoms with Gasteiger partial charge in [0.2, 0.25) is 0 Å². The summed E-state index contributed by atoms with van der Waals surface area (Å²) in [5.41, 5.74) is 2.31. The highest BCUT2D eigenvalue weighted by Gasteiger charge is 1.91. The second-order valence-electron chi connectivity index (χ2n) is 2.62. The zero-order valence-electron chi connectivity index (χ0n) is 8.05. The lowest BCUT2D eigenvalue weighted by Crippen LogP contribution is -2.15. The Morgan fingerprint density at radius 2 is 2.17 bits per heavy atom. The SMILES string of the molecule is C=C/C=C\C(NCOC)=C(C)C. The van der Waals surface area contributed by atoms with Gasteiger partial charge >= 0.3 is 0 Å². The zero-order chi connectivity index (χ0) is 9.40. The van der Waals surface area contributed by atoms with Crippen molar-refractivity contribution in [3.8, 4) is 0 Å². The molecule has 0 aromatic heterocycles. The van der Waals surface area contributed by atoms with Crippen molar-refractivity contribution in [2.24, 2.45) is 0 Å². The Hall–Kier alpha value is -1.02. The fourth-order valence-electron chi connectivity index (χ4n) is 0.717. The average Bonchev–Trinajstić information content (AvgIpc) is 2.04. The summed E-state index contributed by atoms with van der Waals surface area (Å²) >= 11 is 0. The van der Waals surface area contributed by atoms with Crippen LogP contribution in [-0.2, 0) is 4.74 Å². The molecule has 0 atom stereocenters. The third-order valence-electron chi connectivity index (χ3n) is 1.34. The van der Waals surface area contributed by atoms with Crippen molar-refractivity contribution in [1.29, 1.82) is 0 Å². The lowest BCUT2D eigenvalue weighted by molar-refractivity contribution is 0.185. The van der Waals surface area contributed by atoms with Crippen LogP contribution in [0, 0.1) is 0 Å². The van der Waals surface area contributed by atoms with Gasteiger partial charge in [0, 0.05) is 12.8 Å². The zero-order valence-corrected chi connectivity index (χ0v) is 8.05. The highest BCUT2D eigenvalue weighted by atomic mass is 16.5. The van der Waals surface area contributed by atoms with Gasteiger partial charge in [0.25, 0.3) is 0 Å². The first-order valence-corrected chi connectivity index (χ1v) is 3.91. The number of methoxy groups -OCH3 is 1. The van der Waals surface area contributed by atoms with E-state index >= 15 is 0 Å². The minimum absolute atomic E-state index is 0.530. The predicted octanol–water partition coefficient (Wildman–Crippen LogP) is 2.22. The molecule has 0 spiro atoms. The van der Waals surface area contributed by atoms with Gasteiger partial charge < -0.3 is 10.1 Å². The van der Waals surface area contributed by atoms with Crippen molar-refractivity contribution in [1.82, 2.24) is 5.32 Å². The molecule has 0 aromatic carbocycles. The van der Waals surface area contributed by atoms with Crippen molar-refractivity contribution >= 4 is 0 Å². The summed E-state index contributed by atoms with van der Waals surface area (Å²) < 4.78 is 4.90. The molecule has 0 bridgehead atoms. The van der Waals surface area contributed by atoms with Crippen LogP contribution in [0.2, 0.25) is 0 Å². The van der Waals surface area contributed by atoms with Crippen molar-refractivity contribution in [3.05, 3.63) is 36.1 Å². The van der Waals surface area contributed by atoms with Crippen molar-refractivity contribution in [3.63, 3.8) is 0 Å². The summed E-state index contributed by atoms with van der Waals surface area (Å²) in [4.78, 5) is 0. The van der Waals surface area contributed by atoms with Crippen LogP contribution < -0.4 is 5.32 Å². The number of hydrogen-bond donors (Lipinski definition) is 1. The normalized spacial score (nSPS) is 9.92. The Balaban J connectivity index is 4.16. The second kappa shape index (κ2) is 6.68. The van der Waals surface area contributed by atoms with Crippen LogP contribution in [0.4, 0.5) is 0 Å². The summed E-state index contributed by atoms with van der Waals surface area (Å²) in [5, 5.41) is 3.13. The van der Waals surface area contributed by atoms with E-state index in [9.17, 15) is 0 Å². The van der Waals surface area contributed by atoms with Gasteiger partial charge in [-0.3, -0.25) is 0 Å². The molecule has 12 heavy (non-hydrogen) atoms. The van der Waals surface area contributed by atoms with Crippen molar-refractivity contribution in [2.45, 2.75) is 13.8 Å². The van der Waals surface area contributed by atoms with E-state index in [1.165, 1.54) is 5.57 Å². The van der Waals surface area contributed by atoms with Crippen LogP contribution in [0.15, 0.2) is 36.1 Å². The summed E-state index contributed by atoms with van der Waals surface area (Å²) in [7, 11) is 1.66.